The number of cyclic esters (lactones) is 1. The fraction of sp³-hybridized carbons (Fsp3) is 0.333. The first-order valence-electron chi connectivity index (χ1n) is 7.26. The molecule has 4 rings (SSSR count). The second kappa shape index (κ2) is 4.63. The smallest absolute Gasteiger partial charge is 0.416 e. The standard InChI is InChI=1S/C15H13N3O5/c1-8-11(14(21)16-6-7-23-15(16)22)17(8)18-12(19)9-4-2-3-5-10(9)13(18)20/h2-5,8,11H,6-7H2,1H3/t8-,11+,17?/m0/s1. The van der Waals surface area contributed by atoms with E-state index < -0.39 is 29.9 Å². The highest BCUT2D eigenvalue weighted by Crippen LogP contribution is 2.37. The first kappa shape index (κ1) is 13.9. The van der Waals surface area contributed by atoms with E-state index in [0.29, 0.717) is 11.1 Å². The van der Waals surface area contributed by atoms with Crippen molar-refractivity contribution in [2.24, 2.45) is 0 Å². The van der Waals surface area contributed by atoms with Crippen molar-refractivity contribution >= 4 is 23.8 Å². The van der Waals surface area contributed by atoms with Crippen LogP contribution in [0.3, 0.4) is 0 Å². The van der Waals surface area contributed by atoms with Gasteiger partial charge in [0.15, 0.2) is 0 Å². The predicted molar refractivity (Wildman–Crippen MR) is 75.1 cm³/mol. The Morgan fingerprint density at radius 1 is 1.13 bits per heavy atom. The lowest BCUT2D eigenvalue weighted by molar-refractivity contribution is -0.128. The molecule has 2 saturated heterocycles. The van der Waals surface area contributed by atoms with Crippen LogP contribution in [0.5, 0.6) is 0 Å². The molecule has 0 aliphatic carbocycles. The summed E-state index contributed by atoms with van der Waals surface area (Å²) in [5.41, 5.74) is 0.645. The fourth-order valence-electron chi connectivity index (χ4n) is 3.10. The lowest BCUT2D eigenvalue weighted by atomic mass is 10.1. The van der Waals surface area contributed by atoms with E-state index >= 15 is 0 Å². The van der Waals surface area contributed by atoms with Gasteiger partial charge in [0.05, 0.1) is 23.7 Å². The molecule has 23 heavy (non-hydrogen) atoms. The molecule has 8 heteroatoms. The Bertz CT molecular complexity index is 726. The van der Waals surface area contributed by atoms with Crippen LogP contribution >= 0.6 is 0 Å². The molecule has 3 aliphatic rings. The number of carbonyl (C=O) groups excluding carboxylic acids is 4. The van der Waals surface area contributed by atoms with Gasteiger partial charge in [0.2, 0.25) is 0 Å². The van der Waals surface area contributed by atoms with Crippen molar-refractivity contribution < 1.29 is 23.9 Å². The molecule has 4 amide bonds. The van der Waals surface area contributed by atoms with Gasteiger partial charge >= 0.3 is 6.09 Å². The van der Waals surface area contributed by atoms with E-state index in [2.05, 4.69) is 0 Å². The first-order valence-corrected chi connectivity index (χ1v) is 7.26. The van der Waals surface area contributed by atoms with Gasteiger partial charge in [-0.05, 0) is 19.1 Å². The zero-order valence-electron chi connectivity index (χ0n) is 12.3. The number of hydrazine groups is 1. The van der Waals surface area contributed by atoms with Crippen LogP contribution in [0.15, 0.2) is 24.3 Å². The molecular formula is C15H13N3O5. The summed E-state index contributed by atoms with van der Waals surface area (Å²) >= 11 is 0. The van der Waals surface area contributed by atoms with Crippen LogP contribution in [0.25, 0.3) is 0 Å². The number of imide groups is 2. The molecule has 3 aliphatic heterocycles. The molecule has 0 aromatic heterocycles. The van der Waals surface area contributed by atoms with Crippen LogP contribution < -0.4 is 0 Å². The largest absolute Gasteiger partial charge is 0.447 e. The molecule has 0 spiro atoms. The molecule has 0 saturated carbocycles. The third-order valence-electron chi connectivity index (χ3n) is 4.35. The Labute approximate surface area is 131 Å². The van der Waals surface area contributed by atoms with Crippen LogP contribution in [0.4, 0.5) is 4.79 Å². The summed E-state index contributed by atoms with van der Waals surface area (Å²) in [4.78, 5) is 49.8. The highest BCUT2D eigenvalue weighted by molar-refractivity contribution is 6.21. The van der Waals surface area contributed by atoms with Crippen LogP contribution in [0, 0.1) is 0 Å². The maximum absolute atomic E-state index is 12.4. The number of rotatable bonds is 2. The molecular weight excluding hydrogens is 302 g/mol. The van der Waals surface area contributed by atoms with Gasteiger partial charge in [-0.25, -0.2) is 14.7 Å². The molecule has 3 heterocycles. The monoisotopic (exact) mass is 315 g/mol. The van der Waals surface area contributed by atoms with Gasteiger partial charge in [0.25, 0.3) is 17.7 Å². The van der Waals surface area contributed by atoms with E-state index in [1.54, 1.807) is 31.2 Å². The van der Waals surface area contributed by atoms with Gasteiger partial charge in [-0.1, -0.05) is 12.1 Å². The summed E-state index contributed by atoms with van der Waals surface area (Å²) in [6.07, 6.45) is -0.684. The maximum atomic E-state index is 12.4. The minimum Gasteiger partial charge on any atom is -0.447 e. The van der Waals surface area contributed by atoms with E-state index in [4.69, 9.17) is 4.74 Å². The van der Waals surface area contributed by atoms with Crippen molar-refractivity contribution in [3.05, 3.63) is 35.4 Å². The molecule has 118 valence electrons. The quantitative estimate of drug-likeness (QED) is 0.574. The number of fused-ring (bicyclic) bond motifs is 1. The third-order valence-corrected chi connectivity index (χ3v) is 4.35. The van der Waals surface area contributed by atoms with Crippen LogP contribution in [0.2, 0.25) is 0 Å². The normalized spacial score (nSPS) is 28.9. The number of benzene rings is 1. The van der Waals surface area contributed by atoms with Gasteiger partial charge in [-0.3, -0.25) is 14.4 Å². The van der Waals surface area contributed by atoms with Crippen molar-refractivity contribution in [2.45, 2.75) is 19.0 Å². The van der Waals surface area contributed by atoms with E-state index in [0.717, 1.165) is 9.91 Å². The summed E-state index contributed by atoms with van der Waals surface area (Å²) in [6.45, 7) is 2.09. The van der Waals surface area contributed by atoms with Gasteiger partial charge in [-0.15, -0.1) is 0 Å². The Morgan fingerprint density at radius 3 is 2.26 bits per heavy atom. The molecule has 3 atom stereocenters. The zero-order valence-corrected chi connectivity index (χ0v) is 12.3. The van der Waals surface area contributed by atoms with Crippen LogP contribution in [-0.2, 0) is 9.53 Å². The zero-order chi connectivity index (χ0) is 16.3. The average molecular weight is 315 g/mol. The molecule has 1 aromatic carbocycles. The predicted octanol–water partition coefficient (Wildman–Crippen LogP) is 0.249. The number of hydrogen-bond acceptors (Lipinski definition) is 6. The van der Waals surface area contributed by atoms with Crippen molar-refractivity contribution in [1.29, 1.82) is 0 Å². The van der Waals surface area contributed by atoms with E-state index in [-0.39, 0.29) is 19.2 Å². The summed E-state index contributed by atoms with van der Waals surface area (Å²) in [5.74, 6) is -1.34. The third kappa shape index (κ3) is 1.81. The minimum atomic E-state index is -0.706. The second-order valence-electron chi connectivity index (χ2n) is 5.64. The molecule has 8 nitrogen and oxygen atoms in total. The fourth-order valence-corrected chi connectivity index (χ4v) is 3.10. The number of amides is 4. The molecule has 1 aromatic rings. The van der Waals surface area contributed by atoms with Gasteiger partial charge in [-0.2, -0.15) is 5.01 Å². The van der Waals surface area contributed by atoms with Crippen LogP contribution in [-0.4, -0.2) is 64.0 Å². The summed E-state index contributed by atoms with van der Waals surface area (Å²) in [7, 11) is 0. The highest BCUT2D eigenvalue weighted by Gasteiger charge is 2.60. The van der Waals surface area contributed by atoms with Crippen molar-refractivity contribution in [1.82, 2.24) is 14.9 Å². The molecule has 0 bridgehead atoms. The Morgan fingerprint density at radius 2 is 1.74 bits per heavy atom. The number of hydrogen-bond donors (Lipinski definition) is 0. The molecule has 0 radical (unpaired) electrons. The second-order valence-corrected chi connectivity index (χ2v) is 5.64. The lowest BCUT2D eigenvalue weighted by Crippen LogP contribution is -2.41. The molecule has 1 unspecified atom stereocenters. The van der Waals surface area contributed by atoms with E-state index in [1.165, 1.54) is 5.01 Å². The summed E-state index contributed by atoms with van der Waals surface area (Å²) in [5, 5.41) is 2.41. The number of carbonyl (C=O) groups is 4. The highest BCUT2D eigenvalue weighted by atomic mass is 16.6. The Balaban J connectivity index is 1.59. The summed E-state index contributed by atoms with van der Waals surface area (Å²) < 4.78 is 4.75. The first-order chi connectivity index (χ1) is 11.0. The van der Waals surface area contributed by atoms with Crippen molar-refractivity contribution in [2.75, 3.05) is 13.2 Å². The van der Waals surface area contributed by atoms with Crippen LogP contribution in [0.1, 0.15) is 27.6 Å². The summed E-state index contributed by atoms with van der Waals surface area (Å²) in [6, 6.07) is 5.49. The van der Waals surface area contributed by atoms with E-state index in [9.17, 15) is 19.2 Å². The Hall–Kier alpha value is -2.74. The van der Waals surface area contributed by atoms with Crippen molar-refractivity contribution in [3.8, 4) is 0 Å². The Kier molecular flexibility index (Phi) is 2.79. The lowest BCUT2D eigenvalue weighted by Gasteiger charge is -2.17. The topological polar surface area (TPSA) is 87.0 Å². The molecule has 0 N–H and O–H groups in total. The van der Waals surface area contributed by atoms with E-state index in [1.807, 2.05) is 0 Å². The maximum Gasteiger partial charge on any atom is 0.416 e. The average Bonchev–Trinajstić information content (AvgIpc) is 2.89. The SMILES string of the molecule is C[C@H]1[C@H](C(=O)N2CCOC2=O)N1N1C(=O)c2ccccc2C1=O. The van der Waals surface area contributed by atoms with Gasteiger partial charge in [0, 0.05) is 0 Å². The number of ether oxygens (including phenoxy) is 1. The van der Waals surface area contributed by atoms with Gasteiger partial charge in [0.1, 0.15) is 12.6 Å². The number of nitrogens with zero attached hydrogens (tertiary/aromatic N) is 3. The molecule has 2 fully saturated rings. The van der Waals surface area contributed by atoms with Gasteiger partial charge < -0.3 is 4.74 Å². The minimum absolute atomic E-state index is 0.165. The van der Waals surface area contributed by atoms with Crippen molar-refractivity contribution in [3.63, 3.8) is 0 Å².